The first kappa shape index (κ1) is 8.96. The highest BCUT2D eigenvalue weighted by molar-refractivity contribution is 4.63. The summed E-state index contributed by atoms with van der Waals surface area (Å²) in [5.74, 6) is 1.77. The van der Waals surface area contributed by atoms with Gasteiger partial charge in [0.2, 0.25) is 0 Å². The van der Waals surface area contributed by atoms with E-state index in [0.29, 0.717) is 24.4 Å². The lowest BCUT2D eigenvalue weighted by molar-refractivity contribution is 0.170. The van der Waals surface area contributed by atoms with Crippen LogP contribution in [0.5, 0.6) is 0 Å². The summed E-state index contributed by atoms with van der Waals surface area (Å²) in [6.45, 7) is 8.98. The Labute approximate surface area is 58.1 Å². The summed E-state index contributed by atoms with van der Waals surface area (Å²) < 4.78 is 0. The van der Waals surface area contributed by atoms with E-state index in [2.05, 4.69) is 27.7 Å². The minimum atomic E-state index is 0.319. The molecule has 2 atom stereocenters. The molecule has 0 fully saturated rings. The average molecular weight is 130 g/mol. The lowest BCUT2D eigenvalue weighted by atomic mass is 9.87. The van der Waals surface area contributed by atoms with Gasteiger partial charge in [0.05, 0.1) is 0 Å². The maximum atomic E-state index is 8.75. The largest absolute Gasteiger partial charge is 0.396 e. The molecule has 0 aromatic rings. The van der Waals surface area contributed by atoms with Crippen molar-refractivity contribution in [3.8, 4) is 0 Å². The summed E-state index contributed by atoms with van der Waals surface area (Å²) in [4.78, 5) is 0. The van der Waals surface area contributed by atoms with Crippen LogP contribution in [0.25, 0.3) is 0 Å². The van der Waals surface area contributed by atoms with Gasteiger partial charge in [0.25, 0.3) is 0 Å². The maximum absolute atomic E-state index is 8.75. The van der Waals surface area contributed by atoms with Crippen molar-refractivity contribution >= 4 is 0 Å². The molecule has 0 aliphatic heterocycles. The molecule has 0 aromatic carbocycles. The van der Waals surface area contributed by atoms with Crippen molar-refractivity contribution in [2.45, 2.75) is 27.7 Å². The number of aliphatic hydroxyl groups is 1. The van der Waals surface area contributed by atoms with Crippen LogP contribution in [0.15, 0.2) is 0 Å². The molecule has 0 amide bonds. The monoisotopic (exact) mass is 130 g/mol. The normalized spacial score (nSPS) is 18.0. The van der Waals surface area contributed by atoms with Crippen molar-refractivity contribution < 1.29 is 5.11 Å². The number of hydrogen-bond acceptors (Lipinski definition) is 1. The van der Waals surface area contributed by atoms with Gasteiger partial charge in [-0.3, -0.25) is 0 Å². The minimum Gasteiger partial charge on any atom is -0.396 e. The highest BCUT2D eigenvalue weighted by Crippen LogP contribution is 2.18. The minimum absolute atomic E-state index is 0.319. The Bertz CT molecular complexity index is 69.0. The maximum Gasteiger partial charge on any atom is 0.0459 e. The van der Waals surface area contributed by atoms with E-state index in [0.717, 1.165) is 0 Å². The van der Waals surface area contributed by atoms with Crippen LogP contribution in [-0.4, -0.2) is 11.7 Å². The van der Waals surface area contributed by atoms with E-state index >= 15 is 0 Å². The second-order valence-electron chi connectivity index (χ2n) is 3.26. The molecule has 0 unspecified atom stereocenters. The van der Waals surface area contributed by atoms with Gasteiger partial charge in [0, 0.05) is 6.61 Å². The lowest BCUT2D eigenvalue weighted by Gasteiger charge is -2.20. The molecule has 0 radical (unpaired) electrons. The van der Waals surface area contributed by atoms with Crippen molar-refractivity contribution in [2.75, 3.05) is 6.61 Å². The Kier molecular flexibility index (Phi) is 3.87. The first-order valence-corrected chi connectivity index (χ1v) is 3.70. The Morgan fingerprint density at radius 2 is 1.56 bits per heavy atom. The van der Waals surface area contributed by atoms with Gasteiger partial charge >= 0.3 is 0 Å². The van der Waals surface area contributed by atoms with Crippen LogP contribution in [0.2, 0.25) is 0 Å². The Balaban J connectivity index is 3.58. The second-order valence-corrected chi connectivity index (χ2v) is 3.26. The Morgan fingerprint density at radius 1 is 1.11 bits per heavy atom. The van der Waals surface area contributed by atoms with Gasteiger partial charge in [-0.2, -0.15) is 0 Å². The molecule has 1 N–H and O–H groups in total. The molecule has 0 rings (SSSR count). The van der Waals surface area contributed by atoms with E-state index in [1.165, 1.54) is 0 Å². The van der Waals surface area contributed by atoms with Crippen molar-refractivity contribution in [2.24, 2.45) is 17.8 Å². The van der Waals surface area contributed by atoms with E-state index in [4.69, 9.17) is 5.11 Å². The SMILES string of the molecule is CC(C)[C@H](C)[C@H](C)CO. The van der Waals surface area contributed by atoms with Crippen molar-refractivity contribution in [3.63, 3.8) is 0 Å². The fraction of sp³-hybridized carbons (Fsp3) is 1.00. The molecular weight excluding hydrogens is 112 g/mol. The quantitative estimate of drug-likeness (QED) is 0.618. The van der Waals surface area contributed by atoms with Crippen molar-refractivity contribution in [3.05, 3.63) is 0 Å². The molecule has 0 aliphatic carbocycles. The molecular formula is C8H18O. The number of rotatable bonds is 3. The summed E-state index contributed by atoms with van der Waals surface area (Å²) in [6, 6.07) is 0. The molecule has 56 valence electrons. The first-order chi connectivity index (χ1) is 4.09. The zero-order valence-electron chi connectivity index (χ0n) is 6.89. The van der Waals surface area contributed by atoms with Crippen LogP contribution in [-0.2, 0) is 0 Å². The molecule has 0 spiro atoms. The molecule has 0 aliphatic rings. The Hall–Kier alpha value is -0.0400. The summed E-state index contributed by atoms with van der Waals surface area (Å²) in [7, 11) is 0. The smallest absolute Gasteiger partial charge is 0.0459 e. The van der Waals surface area contributed by atoms with Gasteiger partial charge < -0.3 is 5.11 Å². The summed E-state index contributed by atoms with van der Waals surface area (Å²) in [6.07, 6.45) is 0. The highest BCUT2D eigenvalue weighted by Gasteiger charge is 2.13. The van der Waals surface area contributed by atoms with Gasteiger partial charge in [0.15, 0.2) is 0 Å². The molecule has 1 nitrogen and oxygen atoms in total. The van der Waals surface area contributed by atoms with Gasteiger partial charge in [-0.25, -0.2) is 0 Å². The van der Waals surface area contributed by atoms with Crippen molar-refractivity contribution in [1.29, 1.82) is 0 Å². The lowest BCUT2D eigenvalue weighted by Crippen LogP contribution is -2.17. The Morgan fingerprint density at radius 3 is 1.67 bits per heavy atom. The van der Waals surface area contributed by atoms with Crippen LogP contribution in [0.4, 0.5) is 0 Å². The molecule has 0 saturated carbocycles. The predicted octanol–water partition coefficient (Wildman–Crippen LogP) is 1.91. The summed E-state index contributed by atoms with van der Waals surface area (Å²) >= 11 is 0. The summed E-state index contributed by atoms with van der Waals surface area (Å²) in [5.41, 5.74) is 0. The first-order valence-electron chi connectivity index (χ1n) is 3.70. The van der Waals surface area contributed by atoms with Crippen LogP contribution < -0.4 is 0 Å². The fourth-order valence-corrected chi connectivity index (χ4v) is 0.823. The van der Waals surface area contributed by atoms with Gasteiger partial charge in [-0.1, -0.05) is 27.7 Å². The number of aliphatic hydroxyl groups excluding tert-OH is 1. The highest BCUT2D eigenvalue weighted by atomic mass is 16.3. The molecule has 0 saturated heterocycles. The molecule has 9 heavy (non-hydrogen) atoms. The van der Waals surface area contributed by atoms with E-state index in [1.54, 1.807) is 0 Å². The topological polar surface area (TPSA) is 20.2 Å². The third kappa shape index (κ3) is 2.85. The summed E-state index contributed by atoms with van der Waals surface area (Å²) in [5, 5.41) is 8.75. The predicted molar refractivity (Wildman–Crippen MR) is 40.3 cm³/mol. The van der Waals surface area contributed by atoms with Crippen LogP contribution in [0, 0.1) is 17.8 Å². The van der Waals surface area contributed by atoms with Gasteiger partial charge in [-0.05, 0) is 17.8 Å². The van der Waals surface area contributed by atoms with E-state index < -0.39 is 0 Å². The van der Waals surface area contributed by atoms with Crippen LogP contribution in [0.1, 0.15) is 27.7 Å². The zero-order valence-corrected chi connectivity index (χ0v) is 6.89. The molecule has 0 heterocycles. The molecule has 0 bridgehead atoms. The van der Waals surface area contributed by atoms with E-state index in [1.807, 2.05) is 0 Å². The van der Waals surface area contributed by atoms with E-state index in [9.17, 15) is 0 Å². The third-order valence-electron chi connectivity index (χ3n) is 2.24. The van der Waals surface area contributed by atoms with Crippen LogP contribution >= 0.6 is 0 Å². The molecule has 0 aromatic heterocycles. The third-order valence-corrected chi connectivity index (χ3v) is 2.24. The fourth-order valence-electron chi connectivity index (χ4n) is 0.823. The van der Waals surface area contributed by atoms with Gasteiger partial charge in [-0.15, -0.1) is 0 Å². The zero-order chi connectivity index (χ0) is 7.44. The van der Waals surface area contributed by atoms with E-state index in [-0.39, 0.29) is 0 Å². The van der Waals surface area contributed by atoms with Crippen LogP contribution in [0.3, 0.4) is 0 Å². The number of hydrogen-bond donors (Lipinski definition) is 1. The standard InChI is InChI=1S/C8H18O/c1-6(2)8(4)7(3)5-9/h6-9H,5H2,1-4H3/t7-,8+/m1/s1. The average Bonchev–Trinajstić information content (AvgIpc) is 1.84. The second kappa shape index (κ2) is 3.89. The van der Waals surface area contributed by atoms with Crippen molar-refractivity contribution in [1.82, 2.24) is 0 Å². The molecule has 1 heteroatoms. The van der Waals surface area contributed by atoms with Gasteiger partial charge in [0.1, 0.15) is 0 Å².